The minimum atomic E-state index is 0. The van der Waals surface area contributed by atoms with Gasteiger partial charge in [0, 0.05) is 58.9 Å². The van der Waals surface area contributed by atoms with Gasteiger partial charge in [0.25, 0.3) is 0 Å². The molecule has 3 fully saturated rings. The lowest BCUT2D eigenvalue weighted by Gasteiger charge is -2.47. The van der Waals surface area contributed by atoms with E-state index in [1.54, 1.807) is 7.11 Å². The van der Waals surface area contributed by atoms with E-state index in [-0.39, 0.29) is 24.0 Å². The highest BCUT2D eigenvalue weighted by molar-refractivity contribution is 14.0. The van der Waals surface area contributed by atoms with Crippen molar-refractivity contribution in [3.05, 3.63) is 23.8 Å². The Balaban J connectivity index is 0.00000300. The molecule has 0 amide bonds. The number of guanidine groups is 1. The van der Waals surface area contributed by atoms with Gasteiger partial charge in [-0.15, -0.1) is 24.0 Å². The van der Waals surface area contributed by atoms with Gasteiger partial charge in [0.15, 0.2) is 17.5 Å². The predicted octanol–water partition coefficient (Wildman–Crippen LogP) is 1.81. The molecule has 3 saturated heterocycles. The molecule has 0 radical (unpaired) electrons. The summed E-state index contributed by atoms with van der Waals surface area (Å²) in [5.41, 5.74) is 1.26. The molecule has 2 N–H and O–H groups in total. The fourth-order valence-corrected chi connectivity index (χ4v) is 4.00. The van der Waals surface area contributed by atoms with E-state index in [2.05, 4.69) is 37.6 Å². The number of rotatable bonds is 9. The summed E-state index contributed by atoms with van der Waals surface area (Å²) >= 11 is 0. The van der Waals surface area contributed by atoms with Crippen LogP contribution in [0.4, 0.5) is 0 Å². The van der Waals surface area contributed by atoms with Crippen LogP contribution in [-0.2, 0) is 6.42 Å². The van der Waals surface area contributed by atoms with E-state index in [0.29, 0.717) is 12.6 Å². The van der Waals surface area contributed by atoms with Gasteiger partial charge in [0.2, 0.25) is 0 Å². The molecule has 0 aliphatic carbocycles. The fraction of sp³-hybridized carbons (Fsp3) is 0.667. The van der Waals surface area contributed by atoms with Crippen LogP contribution >= 0.6 is 24.0 Å². The molecule has 3 aliphatic rings. The van der Waals surface area contributed by atoms with Crippen molar-refractivity contribution in [2.45, 2.75) is 25.8 Å². The van der Waals surface area contributed by atoms with E-state index in [0.717, 1.165) is 43.4 Å². The van der Waals surface area contributed by atoms with Gasteiger partial charge >= 0.3 is 0 Å². The molecule has 164 valence electrons. The monoisotopic (exact) mass is 517 g/mol. The number of hydrogen-bond donors (Lipinski definition) is 2. The summed E-state index contributed by atoms with van der Waals surface area (Å²) in [6.07, 6.45) is 2.02. The Morgan fingerprint density at radius 3 is 2.59 bits per heavy atom. The number of nitrogens with zero attached hydrogens (tertiary/aromatic N) is 3. The van der Waals surface area contributed by atoms with Crippen LogP contribution in [0, 0.1) is 0 Å². The summed E-state index contributed by atoms with van der Waals surface area (Å²) in [6.45, 7) is 10.5. The van der Waals surface area contributed by atoms with Crippen molar-refractivity contribution in [2.24, 2.45) is 4.99 Å². The van der Waals surface area contributed by atoms with Gasteiger partial charge in [0.05, 0.1) is 13.7 Å². The molecule has 0 aromatic heterocycles. The first-order valence-corrected chi connectivity index (χ1v) is 10.4. The maximum atomic E-state index is 5.66. The zero-order valence-corrected chi connectivity index (χ0v) is 20.3. The van der Waals surface area contributed by atoms with Crippen LogP contribution in [0.1, 0.15) is 18.9 Å². The lowest BCUT2D eigenvalue weighted by atomic mass is 10.1. The third kappa shape index (κ3) is 6.89. The van der Waals surface area contributed by atoms with E-state index in [9.17, 15) is 0 Å². The summed E-state index contributed by atoms with van der Waals surface area (Å²) in [4.78, 5) is 9.53. The summed E-state index contributed by atoms with van der Waals surface area (Å²) in [5, 5.41) is 6.93. The highest BCUT2D eigenvalue weighted by Gasteiger charge is 2.31. The molecule has 0 saturated carbocycles. The topological polar surface area (TPSA) is 61.4 Å². The van der Waals surface area contributed by atoms with Crippen molar-refractivity contribution in [2.75, 3.05) is 66.6 Å². The number of nitrogens with one attached hydrogen (secondary N) is 2. The molecule has 2 bridgehead atoms. The Morgan fingerprint density at radius 1 is 1.17 bits per heavy atom. The van der Waals surface area contributed by atoms with Crippen LogP contribution in [0.15, 0.2) is 23.2 Å². The Kier molecular flexibility index (Phi) is 10.3. The number of aliphatic imine (C=N–C) groups is 1. The van der Waals surface area contributed by atoms with Crippen LogP contribution in [0.3, 0.4) is 0 Å². The van der Waals surface area contributed by atoms with Gasteiger partial charge in [-0.25, -0.2) is 0 Å². The third-order valence-electron chi connectivity index (χ3n) is 5.58. The third-order valence-corrected chi connectivity index (χ3v) is 5.58. The molecular weight excluding hydrogens is 481 g/mol. The Hall–Kier alpha value is -1.26. The lowest BCUT2D eigenvalue weighted by molar-refractivity contribution is 0.0154. The van der Waals surface area contributed by atoms with Crippen LogP contribution < -0.4 is 20.1 Å². The van der Waals surface area contributed by atoms with Gasteiger partial charge < -0.3 is 20.1 Å². The number of ether oxygens (including phenoxy) is 2. The van der Waals surface area contributed by atoms with E-state index in [4.69, 9.17) is 9.47 Å². The molecule has 3 aliphatic heterocycles. The van der Waals surface area contributed by atoms with Gasteiger partial charge in [-0.05, 0) is 37.5 Å². The first kappa shape index (κ1) is 24.0. The molecule has 7 nitrogen and oxygen atoms in total. The smallest absolute Gasteiger partial charge is 0.191 e. The van der Waals surface area contributed by atoms with Crippen LogP contribution in [0.5, 0.6) is 11.5 Å². The molecule has 8 heteroatoms. The molecule has 1 aromatic rings. The molecule has 1 atom stereocenters. The number of methoxy groups -OCH3 is 1. The first-order valence-electron chi connectivity index (χ1n) is 10.4. The minimum absolute atomic E-state index is 0. The van der Waals surface area contributed by atoms with Crippen LogP contribution in [0.2, 0.25) is 0 Å². The molecule has 1 aromatic carbocycles. The molecular formula is C21H36IN5O2. The first-order chi connectivity index (χ1) is 13.7. The summed E-state index contributed by atoms with van der Waals surface area (Å²) < 4.78 is 11.0. The average molecular weight is 517 g/mol. The quantitative estimate of drug-likeness (QED) is 0.226. The minimum Gasteiger partial charge on any atom is -0.493 e. The summed E-state index contributed by atoms with van der Waals surface area (Å²) in [5.74, 6) is 2.50. The molecule has 1 unspecified atom stereocenters. The van der Waals surface area contributed by atoms with Gasteiger partial charge in [0.1, 0.15) is 0 Å². The molecule has 3 heterocycles. The predicted molar refractivity (Wildman–Crippen MR) is 129 cm³/mol. The normalized spacial score (nSPS) is 23.3. The Bertz CT molecular complexity index is 650. The van der Waals surface area contributed by atoms with Crippen molar-refractivity contribution < 1.29 is 9.47 Å². The number of benzene rings is 1. The maximum absolute atomic E-state index is 5.66. The van der Waals surface area contributed by atoms with Gasteiger partial charge in [-0.3, -0.25) is 14.8 Å². The SMILES string of the molecule is CCOc1cc(CCCNC(=NC)NCC2CN3CCN2CC3)ccc1OC.I. The Morgan fingerprint density at radius 2 is 1.97 bits per heavy atom. The number of halogens is 1. The molecule has 29 heavy (non-hydrogen) atoms. The zero-order chi connectivity index (χ0) is 19.8. The summed E-state index contributed by atoms with van der Waals surface area (Å²) in [7, 11) is 3.51. The lowest BCUT2D eigenvalue weighted by Crippen LogP contribution is -2.63. The van der Waals surface area contributed by atoms with E-state index in [1.807, 2.05) is 20.0 Å². The second kappa shape index (κ2) is 12.4. The zero-order valence-electron chi connectivity index (χ0n) is 17.9. The van der Waals surface area contributed by atoms with Gasteiger partial charge in [-0.2, -0.15) is 0 Å². The average Bonchev–Trinajstić information content (AvgIpc) is 2.74. The number of fused-ring (bicyclic) bond motifs is 3. The molecule has 0 spiro atoms. The standard InChI is InChI=1S/C21H35N5O2.HI/c1-4-28-20-14-17(7-8-19(20)27-3)6-5-9-23-21(22-2)24-15-18-16-25-10-12-26(18)13-11-25;/h7-8,14,18H,4-6,9-13,15-16H2,1-3H3,(H2,22,23,24);1H. The second-order valence-corrected chi connectivity index (χ2v) is 7.39. The van der Waals surface area contributed by atoms with Crippen LogP contribution in [-0.4, -0.2) is 88.4 Å². The highest BCUT2D eigenvalue weighted by Crippen LogP contribution is 2.28. The largest absolute Gasteiger partial charge is 0.493 e. The number of hydrogen-bond acceptors (Lipinski definition) is 5. The number of piperazine rings is 3. The van der Waals surface area contributed by atoms with Crippen LogP contribution in [0.25, 0.3) is 0 Å². The summed E-state index contributed by atoms with van der Waals surface area (Å²) in [6, 6.07) is 6.77. The van der Waals surface area contributed by atoms with Crippen molar-refractivity contribution in [1.82, 2.24) is 20.4 Å². The number of aryl methyl sites for hydroxylation is 1. The van der Waals surface area contributed by atoms with E-state index < -0.39 is 0 Å². The fourth-order valence-electron chi connectivity index (χ4n) is 4.00. The van der Waals surface area contributed by atoms with E-state index in [1.165, 1.54) is 38.3 Å². The Labute approximate surface area is 192 Å². The highest BCUT2D eigenvalue weighted by atomic mass is 127. The van der Waals surface area contributed by atoms with Crippen molar-refractivity contribution >= 4 is 29.9 Å². The van der Waals surface area contributed by atoms with Crippen molar-refractivity contribution in [1.29, 1.82) is 0 Å². The van der Waals surface area contributed by atoms with Crippen molar-refractivity contribution in [3.63, 3.8) is 0 Å². The second-order valence-electron chi connectivity index (χ2n) is 7.39. The van der Waals surface area contributed by atoms with Gasteiger partial charge in [-0.1, -0.05) is 6.07 Å². The van der Waals surface area contributed by atoms with Crippen molar-refractivity contribution in [3.8, 4) is 11.5 Å². The van der Waals surface area contributed by atoms with E-state index >= 15 is 0 Å². The molecule has 4 rings (SSSR count). The maximum Gasteiger partial charge on any atom is 0.191 e.